The number of piperidine rings is 1. The number of fused-ring (bicyclic) bond motifs is 1. The highest BCUT2D eigenvalue weighted by Gasteiger charge is 2.23. The van der Waals surface area contributed by atoms with Crippen LogP contribution in [-0.2, 0) is 11.3 Å². The molecule has 3 aromatic rings. The molecule has 1 amide bonds. The van der Waals surface area contributed by atoms with Gasteiger partial charge in [-0.15, -0.1) is 0 Å². The van der Waals surface area contributed by atoms with Crippen LogP contribution in [0.25, 0.3) is 16.7 Å². The van der Waals surface area contributed by atoms with Gasteiger partial charge >= 0.3 is 5.69 Å². The second kappa shape index (κ2) is 13.2. The van der Waals surface area contributed by atoms with E-state index >= 15 is 0 Å². The van der Waals surface area contributed by atoms with Crippen LogP contribution in [0.5, 0.6) is 0 Å². The lowest BCUT2D eigenvalue weighted by Crippen LogP contribution is -2.36. The Morgan fingerprint density at radius 3 is 2.74 bits per heavy atom. The molecule has 3 heterocycles. The second-order valence-electron chi connectivity index (χ2n) is 9.94. The van der Waals surface area contributed by atoms with Crippen LogP contribution in [0, 0.1) is 5.41 Å². The monoisotopic (exact) mass is 521 g/mol. The van der Waals surface area contributed by atoms with Gasteiger partial charge in [0, 0.05) is 56.3 Å². The summed E-state index contributed by atoms with van der Waals surface area (Å²) in [5.41, 5.74) is 8.63. The number of benzene rings is 1. The molecule has 0 spiro atoms. The predicted molar refractivity (Wildman–Crippen MR) is 150 cm³/mol. The van der Waals surface area contributed by atoms with Crippen molar-refractivity contribution in [1.29, 1.82) is 5.41 Å². The van der Waals surface area contributed by atoms with Gasteiger partial charge < -0.3 is 31.6 Å². The van der Waals surface area contributed by atoms with Gasteiger partial charge in [-0.05, 0) is 69.1 Å². The number of hydrogen-bond acceptors (Lipinski definition) is 6. The molecule has 1 atom stereocenters. The number of hydrogen-bond donors (Lipinski definition) is 6. The lowest BCUT2D eigenvalue weighted by molar-refractivity contribution is -0.118. The SMILES string of the molecule is CC(=O)NCCCN1CCCC(c2cc3cn(-c4ccc(CNCCCNC(=N)N)cc4)c(=O)nc3[nH]2)C1. The van der Waals surface area contributed by atoms with Gasteiger partial charge in [-0.2, -0.15) is 4.98 Å². The van der Waals surface area contributed by atoms with Crippen LogP contribution in [-0.4, -0.2) is 70.6 Å². The minimum absolute atomic E-state index is 0.00778. The van der Waals surface area contributed by atoms with E-state index in [4.69, 9.17) is 11.1 Å². The number of guanidine groups is 1. The van der Waals surface area contributed by atoms with Gasteiger partial charge in [0.1, 0.15) is 5.65 Å². The third-order valence-corrected chi connectivity index (χ3v) is 6.89. The van der Waals surface area contributed by atoms with Gasteiger partial charge in [0.15, 0.2) is 5.96 Å². The molecule has 0 radical (unpaired) electrons. The number of aromatic nitrogens is 3. The molecular formula is C27H39N9O2. The normalized spacial score (nSPS) is 16.0. The number of H-pyrrole nitrogens is 1. The minimum Gasteiger partial charge on any atom is -0.370 e. The Balaban J connectivity index is 1.36. The number of rotatable bonds is 12. The van der Waals surface area contributed by atoms with Crippen molar-refractivity contribution >= 4 is 22.9 Å². The molecule has 1 unspecified atom stereocenters. The molecule has 1 saturated heterocycles. The fourth-order valence-corrected chi connectivity index (χ4v) is 4.94. The first-order chi connectivity index (χ1) is 18.4. The van der Waals surface area contributed by atoms with Gasteiger partial charge in [0.05, 0.1) is 5.69 Å². The minimum atomic E-state index is -0.307. The standard InChI is InChI=1S/C27H39N9O2/c1-19(37)31-12-4-14-35-13-2-5-21(17-35)24-15-22-18-36(27(38)34-25(22)33-24)23-8-6-20(7-9-23)16-30-10-3-11-32-26(28)29/h6-9,15,18,21,30H,2-5,10-14,16-17H2,1H3,(H,31,37)(H4,28,29,32)(H,33,34,38). The van der Waals surface area contributed by atoms with E-state index in [9.17, 15) is 9.59 Å². The van der Waals surface area contributed by atoms with E-state index in [0.717, 1.165) is 80.7 Å². The Kier molecular flexibility index (Phi) is 9.50. The summed E-state index contributed by atoms with van der Waals surface area (Å²) >= 11 is 0. The summed E-state index contributed by atoms with van der Waals surface area (Å²) in [4.78, 5) is 34.1. The quantitative estimate of drug-likeness (QED) is 0.119. The highest BCUT2D eigenvalue weighted by Crippen LogP contribution is 2.28. The maximum atomic E-state index is 12.8. The molecule has 11 heteroatoms. The molecule has 7 N–H and O–H groups in total. The van der Waals surface area contributed by atoms with Gasteiger partial charge in [-0.1, -0.05) is 12.1 Å². The first-order valence-electron chi connectivity index (χ1n) is 13.4. The predicted octanol–water partition coefficient (Wildman–Crippen LogP) is 1.38. The summed E-state index contributed by atoms with van der Waals surface area (Å²) in [7, 11) is 0. The first kappa shape index (κ1) is 27.3. The summed E-state index contributed by atoms with van der Waals surface area (Å²) in [5.74, 6) is 0.375. The summed E-state index contributed by atoms with van der Waals surface area (Å²) in [6, 6.07) is 10.0. The van der Waals surface area contributed by atoms with Crippen molar-refractivity contribution in [2.75, 3.05) is 39.3 Å². The zero-order valence-corrected chi connectivity index (χ0v) is 22.1. The topological polar surface area (TPSA) is 157 Å². The van der Waals surface area contributed by atoms with E-state index in [1.165, 1.54) is 0 Å². The zero-order valence-electron chi connectivity index (χ0n) is 22.1. The molecule has 0 saturated carbocycles. The lowest BCUT2D eigenvalue weighted by Gasteiger charge is -2.32. The van der Waals surface area contributed by atoms with Crippen molar-refractivity contribution in [2.45, 2.75) is 45.1 Å². The third-order valence-electron chi connectivity index (χ3n) is 6.89. The molecule has 11 nitrogen and oxygen atoms in total. The van der Waals surface area contributed by atoms with Crippen LogP contribution in [0.3, 0.4) is 0 Å². The smallest absolute Gasteiger partial charge is 0.354 e. The van der Waals surface area contributed by atoms with Crippen molar-refractivity contribution < 1.29 is 4.79 Å². The van der Waals surface area contributed by atoms with Crippen LogP contribution < -0.4 is 27.4 Å². The third kappa shape index (κ3) is 7.65. The fraction of sp³-hybridized carbons (Fsp3) is 0.481. The summed E-state index contributed by atoms with van der Waals surface area (Å²) in [6.45, 7) is 7.44. The fourth-order valence-electron chi connectivity index (χ4n) is 4.94. The number of carbonyl (C=O) groups is 1. The molecule has 1 aromatic carbocycles. The average molecular weight is 522 g/mol. The largest absolute Gasteiger partial charge is 0.370 e. The Morgan fingerprint density at radius 2 is 1.97 bits per heavy atom. The summed E-state index contributed by atoms with van der Waals surface area (Å²) in [5, 5.41) is 17.1. The number of likely N-dealkylation sites (tertiary alicyclic amines) is 1. The van der Waals surface area contributed by atoms with Crippen molar-refractivity contribution in [3.63, 3.8) is 0 Å². The van der Waals surface area contributed by atoms with Gasteiger partial charge in [-0.25, -0.2) is 4.79 Å². The van der Waals surface area contributed by atoms with E-state index in [1.54, 1.807) is 11.5 Å². The van der Waals surface area contributed by atoms with E-state index < -0.39 is 0 Å². The molecule has 0 bridgehead atoms. The zero-order chi connectivity index (χ0) is 26.9. The number of nitrogens with two attached hydrogens (primary N) is 1. The first-order valence-corrected chi connectivity index (χ1v) is 13.4. The van der Waals surface area contributed by atoms with E-state index in [-0.39, 0.29) is 17.6 Å². The van der Waals surface area contributed by atoms with Crippen LogP contribution in [0.1, 0.15) is 49.8 Å². The molecule has 0 aliphatic carbocycles. The van der Waals surface area contributed by atoms with Gasteiger partial charge in [0.25, 0.3) is 0 Å². The Hall–Kier alpha value is -3.70. The van der Waals surface area contributed by atoms with E-state index in [2.05, 4.69) is 36.9 Å². The van der Waals surface area contributed by atoms with Crippen molar-refractivity contribution in [3.8, 4) is 5.69 Å². The van der Waals surface area contributed by atoms with E-state index in [0.29, 0.717) is 24.7 Å². The average Bonchev–Trinajstić information content (AvgIpc) is 3.31. The molecule has 1 fully saturated rings. The molecule has 1 aliphatic rings. The van der Waals surface area contributed by atoms with Gasteiger partial charge in [-0.3, -0.25) is 14.8 Å². The molecular weight excluding hydrogens is 482 g/mol. The summed E-state index contributed by atoms with van der Waals surface area (Å²) < 4.78 is 1.60. The van der Waals surface area contributed by atoms with Crippen LogP contribution in [0.4, 0.5) is 0 Å². The molecule has 2 aromatic heterocycles. The maximum Gasteiger partial charge on any atom is 0.354 e. The van der Waals surface area contributed by atoms with Crippen molar-refractivity contribution in [2.24, 2.45) is 5.73 Å². The Bertz CT molecular complexity index is 1280. The maximum absolute atomic E-state index is 12.8. The van der Waals surface area contributed by atoms with E-state index in [1.807, 2.05) is 30.5 Å². The van der Waals surface area contributed by atoms with Crippen LogP contribution in [0.15, 0.2) is 41.3 Å². The van der Waals surface area contributed by atoms with Gasteiger partial charge in [0.2, 0.25) is 5.91 Å². The Morgan fingerprint density at radius 1 is 1.18 bits per heavy atom. The number of nitrogens with one attached hydrogen (secondary N) is 5. The Labute approximate surface area is 222 Å². The number of nitrogens with zero attached hydrogens (tertiary/aromatic N) is 3. The number of amides is 1. The molecule has 1 aliphatic heterocycles. The summed E-state index contributed by atoms with van der Waals surface area (Å²) in [6.07, 6.45) is 5.90. The highest BCUT2D eigenvalue weighted by atomic mass is 16.1. The van der Waals surface area contributed by atoms with Crippen molar-refractivity contribution in [1.82, 2.24) is 35.4 Å². The lowest BCUT2D eigenvalue weighted by atomic mass is 9.94. The van der Waals surface area contributed by atoms with Crippen molar-refractivity contribution in [3.05, 3.63) is 58.3 Å². The molecule has 4 rings (SSSR count). The number of carbonyl (C=O) groups excluding carboxylic acids is 1. The number of aromatic amines is 1. The molecule has 204 valence electrons. The molecule has 38 heavy (non-hydrogen) atoms. The van der Waals surface area contributed by atoms with Crippen LogP contribution in [0.2, 0.25) is 0 Å². The van der Waals surface area contributed by atoms with Crippen LogP contribution >= 0.6 is 0 Å². The highest BCUT2D eigenvalue weighted by molar-refractivity contribution is 5.76. The second-order valence-corrected chi connectivity index (χ2v) is 9.94.